The third-order valence-corrected chi connectivity index (χ3v) is 6.22. The van der Waals surface area contributed by atoms with Crippen molar-refractivity contribution in [2.45, 2.75) is 31.5 Å². The highest BCUT2D eigenvalue weighted by Gasteiger charge is 2.27. The van der Waals surface area contributed by atoms with Gasteiger partial charge in [-0.3, -0.25) is 9.69 Å². The molecule has 1 aromatic rings. The third kappa shape index (κ3) is 7.71. The number of carbonyl (C=O) groups excluding carboxylic acids is 1. The molecule has 2 heterocycles. The Morgan fingerprint density at radius 3 is 2.53 bits per heavy atom. The van der Waals surface area contributed by atoms with Crippen LogP contribution in [-0.2, 0) is 9.47 Å². The fourth-order valence-electron chi connectivity index (χ4n) is 4.49. The van der Waals surface area contributed by atoms with Crippen LogP contribution in [0.5, 0.6) is 5.75 Å². The van der Waals surface area contributed by atoms with Gasteiger partial charge in [0.2, 0.25) is 0 Å². The number of rotatable bonds is 11. The van der Waals surface area contributed by atoms with Crippen LogP contribution in [0, 0.1) is 0 Å². The number of morpholine rings is 1. The summed E-state index contributed by atoms with van der Waals surface area (Å²) in [6, 6.07) is 7.16. The number of hydrogen-bond acceptors (Lipinski definition) is 7. The first-order valence-corrected chi connectivity index (χ1v) is 11.8. The first-order valence-electron chi connectivity index (χ1n) is 11.8. The number of piperidine rings is 1. The van der Waals surface area contributed by atoms with Crippen molar-refractivity contribution in [3.05, 3.63) is 29.8 Å². The van der Waals surface area contributed by atoms with Gasteiger partial charge in [0.15, 0.2) is 0 Å². The molecule has 1 amide bonds. The van der Waals surface area contributed by atoms with E-state index in [-0.39, 0.29) is 18.1 Å². The number of nitrogens with zero attached hydrogens (tertiary/aromatic N) is 3. The van der Waals surface area contributed by atoms with E-state index in [1.54, 1.807) is 43.4 Å². The van der Waals surface area contributed by atoms with Gasteiger partial charge in [0.25, 0.3) is 5.91 Å². The van der Waals surface area contributed by atoms with E-state index in [2.05, 4.69) is 9.80 Å². The minimum atomic E-state index is -0.364. The maximum Gasteiger partial charge on any atom is 0.254 e. The Kier molecular flexibility index (Phi) is 10.2. The fraction of sp³-hybridized carbons (Fsp3) is 0.708. The number of amides is 1. The first kappa shape index (κ1) is 24.9. The monoisotopic (exact) mass is 449 g/mol. The average Bonchev–Trinajstić information content (AvgIpc) is 2.82. The number of carbonyl (C=O) groups is 1. The summed E-state index contributed by atoms with van der Waals surface area (Å²) in [6.45, 7) is 7.12. The maximum absolute atomic E-state index is 13.1. The molecule has 32 heavy (non-hydrogen) atoms. The molecule has 0 saturated carbocycles. The van der Waals surface area contributed by atoms with Crippen LogP contribution in [0.3, 0.4) is 0 Å². The van der Waals surface area contributed by atoms with Crippen molar-refractivity contribution in [1.29, 1.82) is 0 Å². The summed E-state index contributed by atoms with van der Waals surface area (Å²) in [6.07, 6.45) is 3.30. The van der Waals surface area contributed by atoms with E-state index in [0.29, 0.717) is 45.0 Å². The molecule has 0 spiro atoms. The van der Waals surface area contributed by atoms with Crippen LogP contribution in [0.1, 0.15) is 29.6 Å². The molecule has 2 fully saturated rings. The summed E-state index contributed by atoms with van der Waals surface area (Å²) in [5, 5.41) is 10.6. The van der Waals surface area contributed by atoms with Crippen LogP contribution in [0.25, 0.3) is 0 Å². The number of benzene rings is 1. The van der Waals surface area contributed by atoms with E-state index in [1.165, 1.54) is 19.3 Å². The molecule has 8 nitrogen and oxygen atoms in total. The summed E-state index contributed by atoms with van der Waals surface area (Å²) < 4.78 is 16.4. The topological polar surface area (TPSA) is 74.7 Å². The molecular weight excluding hydrogens is 410 g/mol. The van der Waals surface area contributed by atoms with Gasteiger partial charge in [0, 0.05) is 51.9 Å². The molecule has 2 atom stereocenters. The van der Waals surface area contributed by atoms with Crippen LogP contribution >= 0.6 is 0 Å². The van der Waals surface area contributed by atoms with Crippen molar-refractivity contribution in [2.24, 2.45) is 0 Å². The van der Waals surface area contributed by atoms with Crippen LogP contribution in [0.2, 0.25) is 0 Å². The molecule has 8 heteroatoms. The molecule has 3 rings (SSSR count). The second-order valence-electron chi connectivity index (χ2n) is 8.74. The van der Waals surface area contributed by atoms with Gasteiger partial charge in [-0.25, -0.2) is 0 Å². The number of ether oxygens (including phenoxy) is 3. The normalized spacial score (nSPS) is 21.3. The molecule has 0 aliphatic carbocycles. The smallest absolute Gasteiger partial charge is 0.254 e. The minimum absolute atomic E-state index is 0.0458. The number of aliphatic hydroxyl groups is 1. The van der Waals surface area contributed by atoms with Crippen molar-refractivity contribution < 1.29 is 24.1 Å². The van der Waals surface area contributed by atoms with E-state index in [0.717, 1.165) is 31.9 Å². The molecule has 2 unspecified atom stereocenters. The van der Waals surface area contributed by atoms with E-state index >= 15 is 0 Å². The standard InChI is InChI=1S/C24H39N3O5/c1-30-14-13-27(24(29)20-6-8-22(31-2)9-7-20)19-23-18-26(12-15-32-23)17-21(28)16-25-10-4-3-5-11-25/h6-9,21,23,28H,3-5,10-19H2,1-2H3. The Labute approximate surface area is 192 Å². The zero-order valence-electron chi connectivity index (χ0n) is 19.6. The van der Waals surface area contributed by atoms with Crippen molar-refractivity contribution in [2.75, 3.05) is 79.8 Å². The van der Waals surface area contributed by atoms with Crippen LogP contribution in [-0.4, -0.2) is 118 Å². The van der Waals surface area contributed by atoms with Crippen LogP contribution in [0.4, 0.5) is 0 Å². The number of likely N-dealkylation sites (tertiary alicyclic amines) is 1. The molecule has 0 radical (unpaired) electrons. The van der Waals surface area contributed by atoms with Gasteiger partial charge in [0.05, 0.1) is 32.5 Å². The van der Waals surface area contributed by atoms with Crippen molar-refractivity contribution in [3.63, 3.8) is 0 Å². The summed E-state index contributed by atoms with van der Waals surface area (Å²) in [5.41, 5.74) is 0.617. The highest BCUT2D eigenvalue weighted by atomic mass is 16.5. The van der Waals surface area contributed by atoms with Gasteiger partial charge in [-0.1, -0.05) is 6.42 Å². The van der Waals surface area contributed by atoms with Crippen LogP contribution < -0.4 is 4.74 Å². The van der Waals surface area contributed by atoms with E-state index < -0.39 is 0 Å². The maximum atomic E-state index is 13.1. The number of aliphatic hydroxyl groups excluding tert-OH is 1. The summed E-state index contributed by atoms with van der Waals surface area (Å²) in [7, 11) is 3.25. The summed E-state index contributed by atoms with van der Waals surface area (Å²) >= 11 is 0. The van der Waals surface area contributed by atoms with E-state index in [9.17, 15) is 9.90 Å². The predicted molar refractivity (Wildman–Crippen MR) is 123 cm³/mol. The summed E-state index contributed by atoms with van der Waals surface area (Å²) in [4.78, 5) is 19.5. The third-order valence-electron chi connectivity index (χ3n) is 6.22. The quantitative estimate of drug-likeness (QED) is 0.546. The van der Waals surface area contributed by atoms with Crippen molar-refractivity contribution in [1.82, 2.24) is 14.7 Å². The van der Waals surface area contributed by atoms with Gasteiger partial charge >= 0.3 is 0 Å². The highest BCUT2D eigenvalue weighted by Crippen LogP contribution is 2.15. The molecule has 2 aliphatic rings. The number of methoxy groups -OCH3 is 2. The van der Waals surface area contributed by atoms with Crippen molar-refractivity contribution >= 4 is 5.91 Å². The van der Waals surface area contributed by atoms with Crippen molar-refractivity contribution in [3.8, 4) is 5.75 Å². The molecule has 180 valence electrons. The van der Waals surface area contributed by atoms with Gasteiger partial charge < -0.3 is 29.1 Å². The summed E-state index contributed by atoms with van der Waals surface area (Å²) in [5.74, 6) is 0.676. The minimum Gasteiger partial charge on any atom is -0.497 e. The molecule has 0 aromatic heterocycles. The first-order chi connectivity index (χ1) is 15.6. The second-order valence-corrected chi connectivity index (χ2v) is 8.74. The molecule has 0 bridgehead atoms. The molecule has 2 saturated heterocycles. The number of hydrogen-bond donors (Lipinski definition) is 1. The van der Waals surface area contributed by atoms with E-state index in [4.69, 9.17) is 14.2 Å². The predicted octanol–water partition coefficient (Wildman–Crippen LogP) is 1.33. The van der Waals surface area contributed by atoms with Crippen LogP contribution in [0.15, 0.2) is 24.3 Å². The molecule has 1 N–H and O–H groups in total. The Morgan fingerprint density at radius 1 is 1.12 bits per heavy atom. The second kappa shape index (κ2) is 13.1. The lowest BCUT2D eigenvalue weighted by molar-refractivity contribution is -0.0541. The average molecular weight is 450 g/mol. The van der Waals surface area contributed by atoms with Gasteiger partial charge in [-0.05, 0) is 50.2 Å². The number of β-amino-alcohol motifs (C(OH)–C–C–N with tert-alkyl or cyclic N) is 1. The lowest BCUT2D eigenvalue weighted by Crippen LogP contribution is -2.52. The zero-order valence-corrected chi connectivity index (χ0v) is 19.6. The lowest BCUT2D eigenvalue weighted by atomic mass is 10.1. The van der Waals surface area contributed by atoms with Gasteiger partial charge in [-0.2, -0.15) is 0 Å². The lowest BCUT2D eigenvalue weighted by Gasteiger charge is -2.37. The van der Waals surface area contributed by atoms with Gasteiger partial charge in [-0.15, -0.1) is 0 Å². The van der Waals surface area contributed by atoms with Gasteiger partial charge in [0.1, 0.15) is 5.75 Å². The Bertz CT molecular complexity index is 681. The SMILES string of the molecule is COCCN(CC1CN(CC(O)CN2CCCCC2)CCO1)C(=O)c1ccc(OC)cc1. The Morgan fingerprint density at radius 2 is 1.84 bits per heavy atom. The zero-order chi connectivity index (χ0) is 22.8. The Hall–Kier alpha value is -1.71. The Balaban J connectivity index is 1.53. The van der Waals surface area contributed by atoms with E-state index in [1.807, 2.05) is 0 Å². The fourth-order valence-corrected chi connectivity index (χ4v) is 4.49. The highest BCUT2D eigenvalue weighted by molar-refractivity contribution is 5.94. The largest absolute Gasteiger partial charge is 0.497 e. The molecular formula is C24H39N3O5. The molecule has 1 aromatic carbocycles. The molecule has 2 aliphatic heterocycles.